The third-order valence-electron chi connectivity index (χ3n) is 4.76. The van der Waals surface area contributed by atoms with Gasteiger partial charge in [-0.05, 0) is 74.2 Å². The summed E-state index contributed by atoms with van der Waals surface area (Å²) in [7, 11) is -0.744. The molecule has 0 saturated heterocycles. The first-order valence-electron chi connectivity index (χ1n) is 9.13. The van der Waals surface area contributed by atoms with Crippen LogP contribution in [0.5, 0.6) is 0 Å². The molecule has 0 aliphatic carbocycles. The molecular formula is C16H30N8OS. The minimum atomic E-state index is -0.744. The summed E-state index contributed by atoms with van der Waals surface area (Å²) in [6.07, 6.45) is 9.20. The fourth-order valence-corrected chi connectivity index (χ4v) is 4.11. The Labute approximate surface area is 157 Å². The summed E-state index contributed by atoms with van der Waals surface area (Å²) in [6, 6.07) is 0. The summed E-state index contributed by atoms with van der Waals surface area (Å²) in [6.45, 7) is 8.47. The number of unbranched alkanes of at least 4 members (excludes halogenated alkanes) is 2. The molecule has 146 valence electrons. The van der Waals surface area contributed by atoms with Crippen molar-refractivity contribution in [1.82, 2.24) is 40.4 Å². The molecule has 0 aromatic carbocycles. The van der Waals surface area contributed by atoms with Gasteiger partial charge in [-0.25, -0.2) is 9.36 Å². The molecule has 0 N–H and O–H groups in total. The van der Waals surface area contributed by atoms with Crippen molar-refractivity contribution in [2.75, 3.05) is 11.5 Å². The number of rotatable bonds is 12. The molecule has 0 amide bonds. The first-order valence-corrected chi connectivity index (χ1v) is 10.6. The lowest BCUT2D eigenvalue weighted by Gasteiger charge is -2.24. The molecule has 2 aromatic heterocycles. The fourth-order valence-electron chi connectivity index (χ4n) is 2.85. The van der Waals surface area contributed by atoms with Crippen molar-refractivity contribution in [2.24, 2.45) is 0 Å². The van der Waals surface area contributed by atoms with Crippen molar-refractivity contribution < 1.29 is 4.21 Å². The number of tetrazole rings is 2. The van der Waals surface area contributed by atoms with Crippen LogP contribution in [0.3, 0.4) is 0 Å². The summed E-state index contributed by atoms with van der Waals surface area (Å²) in [5.74, 6) is 1.53. The molecule has 2 aromatic rings. The molecule has 2 rings (SSSR count). The van der Waals surface area contributed by atoms with E-state index in [9.17, 15) is 4.21 Å². The largest absolute Gasteiger partial charge is 0.260 e. The Kier molecular flexibility index (Phi) is 7.36. The zero-order valence-corrected chi connectivity index (χ0v) is 17.0. The Hall–Kier alpha value is -1.71. The van der Waals surface area contributed by atoms with Gasteiger partial charge >= 0.3 is 0 Å². The molecule has 0 fully saturated rings. The van der Waals surface area contributed by atoms with E-state index < -0.39 is 10.8 Å². The van der Waals surface area contributed by atoms with Gasteiger partial charge in [0.25, 0.3) is 0 Å². The van der Waals surface area contributed by atoms with Crippen LogP contribution in [0.15, 0.2) is 12.7 Å². The topological polar surface area (TPSA) is 104 Å². The van der Waals surface area contributed by atoms with Crippen LogP contribution in [0.1, 0.15) is 66.2 Å². The Morgan fingerprint density at radius 3 is 1.54 bits per heavy atom. The highest BCUT2D eigenvalue weighted by Gasteiger charge is 2.22. The molecule has 0 aliphatic heterocycles. The molecular weight excluding hydrogens is 352 g/mol. The lowest BCUT2D eigenvalue weighted by Crippen LogP contribution is -2.27. The van der Waals surface area contributed by atoms with Crippen LogP contribution >= 0.6 is 0 Å². The second-order valence-electron chi connectivity index (χ2n) is 7.90. The van der Waals surface area contributed by atoms with Crippen LogP contribution in [0.25, 0.3) is 0 Å². The first kappa shape index (κ1) is 20.6. The molecule has 0 bridgehead atoms. The lowest BCUT2D eigenvalue weighted by molar-refractivity contribution is 0.281. The monoisotopic (exact) mass is 382 g/mol. The van der Waals surface area contributed by atoms with Crippen molar-refractivity contribution in [2.45, 2.75) is 77.3 Å². The smallest absolute Gasteiger partial charge is 0.138 e. The van der Waals surface area contributed by atoms with E-state index >= 15 is 0 Å². The number of hydrogen-bond acceptors (Lipinski definition) is 7. The van der Waals surface area contributed by atoms with Crippen molar-refractivity contribution in [3.63, 3.8) is 0 Å². The van der Waals surface area contributed by atoms with Gasteiger partial charge in [0.15, 0.2) is 0 Å². The van der Waals surface area contributed by atoms with E-state index in [1.54, 1.807) is 22.0 Å². The van der Waals surface area contributed by atoms with Crippen LogP contribution in [0.2, 0.25) is 0 Å². The third kappa shape index (κ3) is 6.22. The Morgan fingerprint density at radius 1 is 0.769 bits per heavy atom. The Bertz CT molecular complexity index is 598. The normalized spacial score (nSPS) is 12.8. The number of nitrogens with zero attached hydrogens (tertiary/aromatic N) is 8. The molecule has 0 saturated carbocycles. The minimum Gasteiger partial charge on any atom is -0.260 e. The van der Waals surface area contributed by atoms with Crippen LogP contribution in [0.4, 0.5) is 0 Å². The van der Waals surface area contributed by atoms with Gasteiger partial charge < -0.3 is 0 Å². The highest BCUT2D eigenvalue weighted by molar-refractivity contribution is 7.84. The van der Waals surface area contributed by atoms with Gasteiger partial charge in [-0.2, -0.15) is 0 Å². The summed E-state index contributed by atoms with van der Waals surface area (Å²) in [5, 5.41) is 22.7. The Morgan fingerprint density at radius 2 is 1.19 bits per heavy atom. The van der Waals surface area contributed by atoms with E-state index in [2.05, 4.69) is 58.7 Å². The van der Waals surface area contributed by atoms with Crippen LogP contribution in [0, 0.1) is 0 Å². The zero-order valence-electron chi connectivity index (χ0n) is 16.2. The fraction of sp³-hybridized carbons (Fsp3) is 0.875. The molecule has 0 spiro atoms. The van der Waals surface area contributed by atoms with Crippen molar-refractivity contribution in [3.05, 3.63) is 12.7 Å². The SMILES string of the molecule is CC(C)(CCCCS(=O)CCCCC(C)(C)n1cnnn1)n1cnnn1. The van der Waals surface area contributed by atoms with E-state index in [0.717, 1.165) is 50.0 Å². The van der Waals surface area contributed by atoms with E-state index in [-0.39, 0.29) is 11.1 Å². The summed E-state index contributed by atoms with van der Waals surface area (Å²) in [5.41, 5.74) is -0.209. The second-order valence-corrected chi connectivity index (χ2v) is 9.59. The van der Waals surface area contributed by atoms with Crippen LogP contribution < -0.4 is 0 Å². The third-order valence-corrected chi connectivity index (χ3v) is 6.25. The van der Waals surface area contributed by atoms with Gasteiger partial charge in [0.2, 0.25) is 0 Å². The van der Waals surface area contributed by atoms with Gasteiger partial charge in [-0.3, -0.25) is 4.21 Å². The summed E-state index contributed by atoms with van der Waals surface area (Å²) >= 11 is 0. The maximum absolute atomic E-state index is 12.2. The van der Waals surface area contributed by atoms with Crippen molar-refractivity contribution in [1.29, 1.82) is 0 Å². The second kappa shape index (κ2) is 9.29. The van der Waals surface area contributed by atoms with E-state index in [4.69, 9.17) is 0 Å². The average molecular weight is 383 g/mol. The summed E-state index contributed by atoms with van der Waals surface area (Å²) in [4.78, 5) is 0. The molecule has 0 radical (unpaired) electrons. The van der Waals surface area contributed by atoms with Crippen molar-refractivity contribution >= 4 is 10.8 Å². The maximum Gasteiger partial charge on any atom is 0.138 e. The average Bonchev–Trinajstić information content (AvgIpc) is 3.29. The molecule has 9 nitrogen and oxygen atoms in total. The molecule has 0 unspecified atom stereocenters. The molecule has 0 aliphatic rings. The zero-order chi connectivity index (χ0) is 19.0. The minimum absolute atomic E-state index is 0.104. The number of aromatic nitrogens is 8. The van der Waals surface area contributed by atoms with Gasteiger partial charge in [0.05, 0.1) is 11.1 Å². The first-order chi connectivity index (χ1) is 12.3. The van der Waals surface area contributed by atoms with Crippen LogP contribution in [-0.4, -0.2) is 56.1 Å². The Balaban J connectivity index is 1.57. The lowest BCUT2D eigenvalue weighted by atomic mass is 9.98. The highest BCUT2D eigenvalue weighted by Crippen LogP contribution is 2.22. The van der Waals surface area contributed by atoms with Crippen LogP contribution in [-0.2, 0) is 21.9 Å². The van der Waals surface area contributed by atoms with Gasteiger partial charge in [-0.1, -0.05) is 12.8 Å². The molecule has 10 heteroatoms. The predicted octanol–water partition coefficient (Wildman–Crippen LogP) is 1.92. The van der Waals surface area contributed by atoms with E-state index in [1.165, 1.54) is 0 Å². The molecule has 0 atom stereocenters. The van der Waals surface area contributed by atoms with Crippen molar-refractivity contribution in [3.8, 4) is 0 Å². The highest BCUT2D eigenvalue weighted by atomic mass is 32.2. The number of hydrogen-bond donors (Lipinski definition) is 0. The molecule has 2 heterocycles. The standard InChI is InChI=1S/C16H30N8OS/c1-15(2,23-13-17-19-21-23)9-5-7-11-26(25)12-8-6-10-16(3,4)24-14-18-20-22-24/h13-14H,5-12H2,1-4H3. The maximum atomic E-state index is 12.2. The van der Waals surface area contributed by atoms with E-state index in [0.29, 0.717) is 0 Å². The predicted molar refractivity (Wildman–Crippen MR) is 99.9 cm³/mol. The summed E-state index contributed by atoms with van der Waals surface area (Å²) < 4.78 is 15.8. The molecule has 26 heavy (non-hydrogen) atoms. The van der Waals surface area contributed by atoms with E-state index in [1.807, 2.05) is 0 Å². The van der Waals surface area contributed by atoms with Gasteiger partial charge in [0, 0.05) is 22.3 Å². The van der Waals surface area contributed by atoms with Gasteiger partial charge in [-0.15, -0.1) is 10.2 Å². The quantitative estimate of drug-likeness (QED) is 0.516. The van der Waals surface area contributed by atoms with Gasteiger partial charge in [0.1, 0.15) is 12.7 Å².